The third-order valence-corrected chi connectivity index (χ3v) is 2.84. The van der Waals surface area contributed by atoms with Crippen LogP contribution in [-0.4, -0.2) is 17.2 Å². The SMILES string of the molecule is CCCC(C)NC(=O)C(S)C(C)C. The molecule has 0 heterocycles. The largest absolute Gasteiger partial charge is 0.353 e. The summed E-state index contributed by atoms with van der Waals surface area (Å²) in [6.45, 7) is 8.15. The van der Waals surface area contributed by atoms with Crippen molar-refractivity contribution in [3.8, 4) is 0 Å². The lowest BCUT2D eigenvalue weighted by molar-refractivity contribution is -0.121. The average Bonchev–Trinajstić information content (AvgIpc) is 2.03. The lowest BCUT2D eigenvalue weighted by Gasteiger charge is -2.18. The van der Waals surface area contributed by atoms with E-state index >= 15 is 0 Å². The van der Waals surface area contributed by atoms with Crippen molar-refractivity contribution in [3.05, 3.63) is 0 Å². The van der Waals surface area contributed by atoms with E-state index in [1.165, 1.54) is 0 Å². The van der Waals surface area contributed by atoms with Crippen molar-refractivity contribution >= 4 is 18.5 Å². The minimum absolute atomic E-state index is 0.0549. The molecule has 0 spiro atoms. The van der Waals surface area contributed by atoms with Gasteiger partial charge in [0.1, 0.15) is 0 Å². The summed E-state index contributed by atoms with van der Waals surface area (Å²) in [5.74, 6) is 0.344. The van der Waals surface area contributed by atoms with Crippen LogP contribution in [0.2, 0.25) is 0 Å². The van der Waals surface area contributed by atoms with Crippen LogP contribution in [0.25, 0.3) is 0 Å². The summed E-state index contributed by atoms with van der Waals surface area (Å²) in [6, 6.07) is 0.269. The molecule has 1 N–H and O–H groups in total. The first-order chi connectivity index (χ1) is 5.99. The van der Waals surface area contributed by atoms with Gasteiger partial charge in [-0.2, -0.15) is 12.6 Å². The molecule has 0 radical (unpaired) electrons. The van der Waals surface area contributed by atoms with E-state index in [2.05, 4.69) is 24.9 Å². The van der Waals surface area contributed by atoms with E-state index in [4.69, 9.17) is 0 Å². The van der Waals surface area contributed by atoms with E-state index < -0.39 is 0 Å². The maximum atomic E-state index is 11.5. The van der Waals surface area contributed by atoms with Gasteiger partial charge >= 0.3 is 0 Å². The summed E-state index contributed by atoms with van der Waals surface area (Å²) in [7, 11) is 0. The van der Waals surface area contributed by atoms with E-state index in [9.17, 15) is 4.79 Å². The molecule has 0 aliphatic carbocycles. The van der Waals surface area contributed by atoms with Crippen molar-refractivity contribution in [3.63, 3.8) is 0 Å². The van der Waals surface area contributed by atoms with Crippen molar-refractivity contribution in [2.45, 2.75) is 51.8 Å². The molecule has 0 aliphatic heterocycles. The second-order valence-electron chi connectivity index (χ2n) is 3.89. The molecule has 0 aromatic rings. The first-order valence-electron chi connectivity index (χ1n) is 4.97. The Morgan fingerprint density at radius 3 is 2.31 bits per heavy atom. The van der Waals surface area contributed by atoms with Crippen LogP contribution in [0.3, 0.4) is 0 Å². The summed E-state index contributed by atoms with van der Waals surface area (Å²) >= 11 is 4.25. The fraction of sp³-hybridized carbons (Fsp3) is 0.900. The lowest BCUT2D eigenvalue weighted by atomic mass is 10.1. The molecule has 13 heavy (non-hydrogen) atoms. The average molecular weight is 203 g/mol. The predicted octanol–water partition coefficient (Wildman–Crippen LogP) is 2.25. The smallest absolute Gasteiger partial charge is 0.233 e. The number of nitrogens with one attached hydrogen (secondary N) is 1. The fourth-order valence-electron chi connectivity index (χ4n) is 1.14. The Hall–Kier alpha value is -0.180. The highest BCUT2D eigenvalue weighted by Crippen LogP contribution is 2.09. The van der Waals surface area contributed by atoms with E-state index in [-0.39, 0.29) is 23.1 Å². The second kappa shape index (κ2) is 6.30. The molecule has 0 saturated heterocycles. The molecule has 3 heteroatoms. The minimum Gasteiger partial charge on any atom is -0.353 e. The fourth-order valence-corrected chi connectivity index (χ4v) is 1.21. The molecule has 0 aromatic heterocycles. The summed E-state index contributed by atoms with van der Waals surface area (Å²) in [6.07, 6.45) is 2.13. The summed E-state index contributed by atoms with van der Waals surface area (Å²) in [5.41, 5.74) is 0. The van der Waals surface area contributed by atoms with E-state index in [0.717, 1.165) is 12.8 Å². The topological polar surface area (TPSA) is 29.1 Å². The maximum absolute atomic E-state index is 11.5. The van der Waals surface area contributed by atoms with Gasteiger partial charge in [0, 0.05) is 6.04 Å². The van der Waals surface area contributed by atoms with E-state index in [1.807, 2.05) is 20.8 Å². The molecule has 2 unspecified atom stereocenters. The molecule has 0 bridgehead atoms. The van der Waals surface area contributed by atoms with Gasteiger partial charge in [-0.05, 0) is 19.3 Å². The number of hydrogen-bond donors (Lipinski definition) is 2. The summed E-state index contributed by atoms with van der Waals surface area (Å²) in [5, 5.41) is 2.77. The predicted molar refractivity (Wildman–Crippen MR) is 60.1 cm³/mol. The van der Waals surface area contributed by atoms with Crippen molar-refractivity contribution < 1.29 is 4.79 Å². The Kier molecular flexibility index (Phi) is 6.21. The zero-order valence-corrected chi connectivity index (χ0v) is 9.90. The first kappa shape index (κ1) is 12.8. The van der Waals surface area contributed by atoms with Crippen LogP contribution in [0.15, 0.2) is 0 Å². The molecule has 0 aromatic carbocycles. The molecule has 2 atom stereocenters. The Morgan fingerprint density at radius 1 is 1.38 bits per heavy atom. The first-order valence-corrected chi connectivity index (χ1v) is 5.49. The van der Waals surface area contributed by atoms with Crippen LogP contribution >= 0.6 is 12.6 Å². The Labute approximate surface area is 86.9 Å². The van der Waals surface area contributed by atoms with E-state index in [0.29, 0.717) is 0 Å². The molecule has 0 fully saturated rings. The van der Waals surface area contributed by atoms with Gasteiger partial charge in [-0.15, -0.1) is 0 Å². The monoisotopic (exact) mass is 203 g/mol. The number of thiol groups is 1. The van der Waals surface area contributed by atoms with Crippen LogP contribution < -0.4 is 5.32 Å². The molecular weight excluding hydrogens is 182 g/mol. The maximum Gasteiger partial charge on any atom is 0.233 e. The highest BCUT2D eigenvalue weighted by molar-refractivity contribution is 7.81. The number of hydrogen-bond acceptors (Lipinski definition) is 2. The second-order valence-corrected chi connectivity index (χ2v) is 4.44. The van der Waals surface area contributed by atoms with Gasteiger partial charge in [0.2, 0.25) is 5.91 Å². The van der Waals surface area contributed by atoms with Crippen LogP contribution in [0.4, 0.5) is 0 Å². The summed E-state index contributed by atoms with van der Waals surface area (Å²) < 4.78 is 0. The normalized spacial score (nSPS) is 15.5. The highest BCUT2D eigenvalue weighted by atomic mass is 32.1. The van der Waals surface area contributed by atoms with Crippen molar-refractivity contribution in [1.82, 2.24) is 5.32 Å². The van der Waals surface area contributed by atoms with Gasteiger partial charge in [0.15, 0.2) is 0 Å². The van der Waals surface area contributed by atoms with Gasteiger partial charge in [-0.25, -0.2) is 0 Å². The van der Waals surface area contributed by atoms with E-state index in [1.54, 1.807) is 0 Å². The van der Waals surface area contributed by atoms with Crippen molar-refractivity contribution in [1.29, 1.82) is 0 Å². The number of carbonyl (C=O) groups is 1. The Morgan fingerprint density at radius 2 is 1.92 bits per heavy atom. The molecule has 0 saturated carbocycles. The minimum atomic E-state index is -0.181. The van der Waals surface area contributed by atoms with Crippen molar-refractivity contribution in [2.24, 2.45) is 5.92 Å². The van der Waals surface area contributed by atoms with Crippen LogP contribution in [0, 0.1) is 5.92 Å². The zero-order valence-electron chi connectivity index (χ0n) is 9.00. The Balaban J connectivity index is 3.85. The van der Waals surface area contributed by atoms with Gasteiger partial charge < -0.3 is 5.32 Å². The van der Waals surface area contributed by atoms with Gasteiger partial charge in [0.25, 0.3) is 0 Å². The quantitative estimate of drug-likeness (QED) is 0.659. The zero-order chi connectivity index (χ0) is 10.4. The van der Waals surface area contributed by atoms with Crippen LogP contribution in [0.1, 0.15) is 40.5 Å². The molecule has 78 valence electrons. The Bertz CT molecular complexity index is 159. The molecule has 0 aliphatic rings. The standard InChI is InChI=1S/C10H21NOS/c1-5-6-8(4)11-10(12)9(13)7(2)3/h7-9,13H,5-6H2,1-4H3,(H,11,12). The van der Waals surface area contributed by atoms with Crippen LogP contribution in [0.5, 0.6) is 0 Å². The summed E-state index contributed by atoms with van der Waals surface area (Å²) in [4.78, 5) is 11.5. The number of rotatable bonds is 5. The third kappa shape index (κ3) is 5.19. The molecular formula is C10H21NOS. The number of amides is 1. The van der Waals surface area contributed by atoms with Gasteiger partial charge in [-0.3, -0.25) is 4.79 Å². The molecule has 0 rings (SSSR count). The molecule has 2 nitrogen and oxygen atoms in total. The highest BCUT2D eigenvalue weighted by Gasteiger charge is 2.18. The van der Waals surface area contributed by atoms with Gasteiger partial charge in [-0.1, -0.05) is 27.2 Å². The lowest BCUT2D eigenvalue weighted by Crippen LogP contribution is -2.39. The third-order valence-electron chi connectivity index (χ3n) is 2.01. The van der Waals surface area contributed by atoms with Gasteiger partial charge in [0.05, 0.1) is 5.25 Å². The number of carbonyl (C=O) groups excluding carboxylic acids is 1. The van der Waals surface area contributed by atoms with Crippen molar-refractivity contribution in [2.75, 3.05) is 0 Å². The van der Waals surface area contributed by atoms with Crippen LogP contribution in [-0.2, 0) is 4.79 Å². The molecule has 1 amide bonds.